The highest BCUT2D eigenvalue weighted by Crippen LogP contribution is 2.36. The number of allylic oxidation sites excluding steroid dienone is 3. The SMILES string of the molecule is CN=C(N)NCCCCC/C=C(\C)C[C@@H](C)[C@H]1OC(=O)[C@@H](C)[C@@H](OC(=O)CC(=O)O)/C=C\[C@@H](C)[C@@H](O)C[C@H](O)[C@H](C)[C@H](O)CC[C@H](C)[C@@H](O)C[C@]2(O)O[C@@H](C[C@@H](O)C[C@H](O)C[C@@H](O)[C@@H](C)[C@H](O)/C(C)=C\CC[C@@H]1C)C[C@@H](O)[C@@H]2O. The van der Waals surface area contributed by atoms with E-state index in [-0.39, 0.29) is 56.8 Å². The van der Waals surface area contributed by atoms with Crippen molar-refractivity contribution in [2.45, 2.75) is 250 Å². The molecule has 0 aromatic carbocycles. The number of nitrogens with zero attached hydrogens (tertiary/aromatic N) is 1. The summed E-state index contributed by atoms with van der Waals surface area (Å²) in [5.74, 6) is -9.80. The Kier molecular flexibility index (Phi) is 32.1. The van der Waals surface area contributed by atoms with Gasteiger partial charge in [-0.15, -0.1) is 0 Å². The molecule has 0 unspecified atom stereocenters. The second-order valence-electron chi connectivity index (χ2n) is 23.4. The van der Waals surface area contributed by atoms with Gasteiger partial charge in [-0.2, -0.15) is 0 Å². The Morgan fingerprint density at radius 3 is 2.10 bits per heavy atom. The Morgan fingerprint density at radius 2 is 1.46 bits per heavy atom. The van der Waals surface area contributed by atoms with Crippen molar-refractivity contribution < 1.29 is 89.9 Å². The quantitative estimate of drug-likeness (QED) is 0.0333. The smallest absolute Gasteiger partial charge is 0.317 e. The molecule has 15 N–H and O–H groups in total. The van der Waals surface area contributed by atoms with Gasteiger partial charge in [0.05, 0.1) is 67.0 Å². The van der Waals surface area contributed by atoms with Gasteiger partial charge in [-0.05, 0) is 121 Å². The van der Waals surface area contributed by atoms with Crippen LogP contribution >= 0.6 is 0 Å². The number of aliphatic hydroxyl groups is 11. The van der Waals surface area contributed by atoms with E-state index >= 15 is 0 Å². The molecule has 21 nitrogen and oxygen atoms in total. The molecule has 0 amide bonds. The Balaban J connectivity index is 2.52. The lowest BCUT2D eigenvalue weighted by Gasteiger charge is -2.45. The highest BCUT2D eigenvalue weighted by atomic mass is 16.7. The molecule has 0 aromatic rings. The molecule has 21 heteroatoms. The highest BCUT2D eigenvalue weighted by Gasteiger charge is 2.50. The van der Waals surface area contributed by atoms with Crippen molar-refractivity contribution in [3.05, 3.63) is 35.5 Å². The number of nitrogens with two attached hydrogens (primary N) is 1. The maximum Gasteiger partial charge on any atom is 0.317 e. The fraction of sp³-hybridized carbons (Fsp3) is 0.828. The highest BCUT2D eigenvalue weighted by molar-refractivity contribution is 5.90. The van der Waals surface area contributed by atoms with Gasteiger partial charge in [-0.25, -0.2) is 0 Å². The predicted molar refractivity (Wildman–Crippen MR) is 298 cm³/mol. The van der Waals surface area contributed by atoms with Crippen LogP contribution in [0.3, 0.4) is 0 Å². The summed E-state index contributed by atoms with van der Waals surface area (Å²) in [7, 11) is 1.62. The molecule has 79 heavy (non-hydrogen) atoms. The minimum absolute atomic E-state index is 0.0732. The summed E-state index contributed by atoms with van der Waals surface area (Å²) in [6.07, 6.45) is -6.20. The van der Waals surface area contributed by atoms with E-state index in [9.17, 15) is 75.7 Å². The Labute approximate surface area is 469 Å². The summed E-state index contributed by atoms with van der Waals surface area (Å²) in [4.78, 5) is 42.5. The molecule has 0 spiro atoms. The summed E-state index contributed by atoms with van der Waals surface area (Å²) in [5.41, 5.74) is 7.37. The molecule has 0 saturated carbocycles. The van der Waals surface area contributed by atoms with Gasteiger partial charge in [0, 0.05) is 50.6 Å². The normalized spacial score (nSPS) is 39.2. The Bertz CT molecular complexity index is 1940. The first-order chi connectivity index (χ1) is 36.9. The van der Waals surface area contributed by atoms with Crippen molar-refractivity contribution in [1.29, 1.82) is 0 Å². The number of cyclic esters (lactones) is 1. The molecule has 2 heterocycles. The largest absolute Gasteiger partial charge is 0.481 e. The summed E-state index contributed by atoms with van der Waals surface area (Å²) < 4.78 is 17.7. The Morgan fingerprint density at radius 1 is 0.810 bits per heavy atom. The van der Waals surface area contributed by atoms with Crippen molar-refractivity contribution in [3.8, 4) is 0 Å². The standard InChI is InChI=1S/C58H103N3O18/c1-32(16-13-11-12-14-23-61-57(59)60-10)24-37(6)54-36(5)18-15-17-35(4)53(73)39(8)46(66)27-42(63)25-41(62)26-43-28-48(68)55(74)58(76,79-43)31-49(69)34(3)19-21-44(64)38(7)47(67)29-45(65)33(2)20-22-50(40(9)56(75)78-54)77-52(72)30-51(70)71/h16-17,20,22,33-34,36-50,53-55,62-69,73-74,76H,11-15,18-19,21,23-31H2,1-10H3,(H,70,71)(H3,59,60,61)/b22-20-,32-16+,35-17-/t33-,34+,36+,37-,38-,39-,40+,41+,42+,43+,44-,45+,46-,47+,48-,49+,50+,53-,54+,55+,58+/m1/s1. The molecule has 2 aliphatic rings. The molecule has 2 rings (SSSR count). The van der Waals surface area contributed by atoms with Gasteiger partial charge < -0.3 is 86.5 Å². The second-order valence-corrected chi connectivity index (χ2v) is 23.4. The monoisotopic (exact) mass is 1130 g/mol. The van der Waals surface area contributed by atoms with E-state index in [0.717, 1.165) is 31.3 Å². The fourth-order valence-electron chi connectivity index (χ4n) is 10.5. The molecule has 0 aliphatic carbocycles. The number of fused-ring (bicyclic) bond motifs is 2. The predicted octanol–water partition coefficient (Wildman–Crippen LogP) is 3.28. The molecule has 2 bridgehead atoms. The van der Waals surface area contributed by atoms with Crippen LogP contribution in [0.1, 0.15) is 165 Å². The van der Waals surface area contributed by atoms with E-state index in [1.807, 2.05) is 26.8 Å². The van der Waals surface area contributed by atoms with E-state index in [2.05, 4.69) is 16.4 Å². The van der Waals surface area contributed by atoms with Crippen molar-refractivity contribution >= 4 is 23.9 Å². The maximum atomic E-state index is 14.3. The van der Waals surface area contributed by atoms with Crippen molar-refractivity contribution in [1.82, 2.24) is 5.32 Å². The number of nitrogens with one attached hydrogen (secondary N) is 1. The number of esters is 2. The van der Waals surface area contributed by atoms with E-state index in [0.29, 0.717) is 37.3 Å². The Hall–Kier alpha value is -3.58. The van der Waals surface area contributed by atoms with Crippen molar-refractivity contribution in [2.75, 3.05) is 13.6 Å². The van der Waals surface area contributed by atoms with Crippen LogP contribution in [0.4, 0.5) is 0 Å². The average Bonchev–Trinajstić information content (AvgIpc) is 3.39. The first-order valence-corrected chi connectivity index (χ1v) is 28.7. The number of rotatable bonds is 12. The number of aliphatic carboxylic acids is 1. The van der Waals surface area contributed by atoms with Gasteiger partial charge in [-0.1, -0.05) is 71.8 Å². The molecule has 2 aliphatic heterocycles. The number of ether oxygens (including phenoxy) is 3. The number of unbranched alkanes of at least 4 members (excludes halogenated alkanes) is 3. The molecule has 0 aromatic heterocycles. The lowest BCUT2D eigenvalue weighted by atomic mass is 9.83. The first kappa shape index (κ1) is 71.5. The zero-order valence-electron chi connectivity index (χ0n) is 48.7. The number of guanidine groups is 1. The zero-order chi connectivity index (χ0) is 59.9. The zero-order valence-corrected chi connectivity index (χ0v) is 48.7. The summed E-state index contributed by atoms with van der Waals surface area (Å²) in [6.45, 7) is 16.4. The molecule has 1 fully saturated rings. The molecule has 1 saturated heterocycles. The summed E-state index contributed by atoms with van der Waals surface area (Å²) in [6, 6.07) is 0. The van der Waals surface area contributed by atoms with Crippen LogP contribution in [0.15, 0.2) is 40.4 Å². The number of hydrogen-bond donors (Lipinski definition) is 14. The van der Waals surface area contributed by atoms with Gasteiger partial charge in [0.15, 0.2) is 11.7 Å². The number of carbonyl (C=O) groups excluding carboxylic acids is 2. The number of carboxylic acid groups (broad SMARTS) is 1. The third-order valence-corrected chi connectivity index (χ3v) is 16.3. The molecular formula is C58H103N3O18. The van der Waals surface area contributed by atoms with Crippen LogP contribution in [0.5, 0.6) is 0 Å². The van der Waals surface area contributed by atoms with Crippen LogP contribution in [0.25, 0.3) is 0 Å². The topological polar surface area (TPSA) is 372 Å². The van der Waals surface area contributed by atoms with Crippen molar-refractivity contribution in [3.63, 3.8) is 0 Å². The van der Waals surface area contributed by atoms with Gasteiger partial charge in [-0.3, -0.25) is 19.4 Å². The second kappa shape index (κ2) is 35.4. The van der Waals surface area contributed by atoms with Gasteiger partial charge in [0.25, 0.3) is 0 Å². The number of carboxylic acids is 1. The minimum atomic E-state index is -2.43. The lowest BCUT2D eigenvalue weighted by Crippen LogP contribution is -2.59. The van der Waals surface area contributed by atoms with Crippen LogP contribution in [-0.4, -0.2) is 184 Å². The lowest BCUT2D eigenvalue weighted by molar-refractivity contribution is -0.333. The third-order valence-electron chi connectivity index (χ3n) is 16.3. The maximum absolute atomic E-state index is 14.3. The summed E-state index contributed by atoms with van der Waals surface area (Å²) in [5, 5.41) is 135. The number of aliphatic imine (C=N–C) groups is 1. The molecule has 458 valence electrons. The van der Waals surface area contributed by atoms with Crippen LogP contribution < -0.4 is 11.1 Å². The third kappa shape index (κ3) is 25.2. The van der Waals surface area contributed by atoms with Gasteiger partial charge in [0.2, 0.25) is 0 Å². The van der Waals surface area contributed by atoms with E-state index < -0.39 is 145 Å². The van der Waals surface area contributed by atoms with Crippen LogP contribution in [0.2, 0.25) is 0 Å². The van der Waals surface area contributed by atoms with Gasteiger partial charge >= 0.3 is 17.9 Å². The van der Waals surface area contributed by atoms with Crippen LogP contribution in [0, 0.1) is 41.4 Å². The molecule has 0 radical (unpaired) electrons. The number of hydrogen-bond acceptors (Lipinski definition) is 18. The van der Waals surface area contributed by atoms with Crippen LogP contribution in [-0.2, 0) is 28.6 Å². The summed E-state index contributed by atoms with van der Waals surface area (Å²) >= 11 is 0. The minimum Gasteiger partial charge on any atom is -0.481 e. The number of carbonyl (C=O) groups is 3. The fourth-order valence-corrected chi connectivity index (χ4v) is 10.5. The molecule has 21 atom stereocenters. The van der Waals surface area contributed by atoms with E-state index in [4.69, 9.17) is 19.9 Å². The van der Waals surface area contributed by atoms with E-state index in [1.54, 1.807) is 41.7 Å². The average molecular weight is 1130 g/mol. The number of aliphatic hydroxyl groups excluding tert-OH is 10. The van der Waals surface area contributed by atoms with E-state index in [1.165, 1.54) is 19.1 Å². The molecular weight excluding hydrogens is 1030 g/mol. The van der Waals surface area contributed by atoms with Crippen molar-refractivity contribution in [2.24, 2.45) is 52.2 Å². The first-order valence-electron chi connectivity index (χ1n) is 28.7. The van der Waals surface area contributed by atoms with Gasteiger partial charge in [0.1, 0.15) is 24.7 Å².